The lowest BCUT2D eigenvalue weighted by Crippen LogP contribution is -2.47. The maximum Gasteiger partial charge on any atom is 0.318 e. The number of benzene rings is 2. The Bertz CT molecular complexity index is 1070. The van der Waals surface area contributed by atoms with E-state index in [1.165, 1.54) is 0 Å². The molecule has 3 amide bonds. The molecule has 1 aliphatic heterocycles. The number of carbonyl (C=O) groups excluding carboxylic acids is 2. The monoisotopic (exact) mass is 438 g/mol. The predicted molar refractivity (Wildman–Crippen MR) is 119 cm³/mol. The molecule has 2 aromatic carbocycles. The molecule has 1 unspecified atom stereocenters. The molecule has 0 fully saturated rings. The first-order valence-corrected chi connectivity index (χ1v) is 10.5. The second kappa shape index (κ2) is 9.18. The molecular weight excluding hydrogens is 416 g/mol. The van der Waals surface area contributed by atoms with Crippen LogP contribution >= 0.6 is 11.6 Å². The van der Waals surface area contributed by atoms with Crippen molar-refractivity contribution in [2.24, 2.45) is 0 Å². The molecular formula is C22H23ClN6O2. The van der Waals surface area contributed by atoms with Gasteiger partial charge < -0.3 is 20.1 Å². The largest absolute Gasteiger partial charge is 0.335 e. The molecule has 0 radical (unpaired) electrons. The van der Waals surface area contributed by atoms with Crippen LogP contribution in [0.5, 0.6) is 0 Å². The van der Waals surface area contributed by atoms with Crippen molar-refractivity contribution >= 4 is 29.2 Å². The molecule has 9 heteroatoms. The molecule has 0 aliphatic carbocycles. The maximum absolute atomic E-state index is 12.7. The van der Waals surface area contributed by atoms with Crippen LogP contribution in [0.4, 0.5) is 10.5 Å². The Kier molecular flexibility index (Phi) is 6.18. The molecule has 3 aromatic rings. The van der Waals surface area contributed by atoms with Crippen LogP contribution < -0.4 is 10.6 Å². The Morgan fingerprint density at radius 3 is 2.55 bits per heavy atom. The fourth-order valence-electron chi connectivity index (χ4n) is 3.51. The van der Waals surface area contributed by atoms with Crippen LogP contribution in [0.25, 0.3) is 11.4 Å². The van der Waals surface area contributed by atoms with E-state index in [4.69, 9.17) is 11.6 Å². The fraction of sp³-hybridized carbons (Fsp3) is 0.273. The Morgan fingerprint density at radius 2 is 1.81 bits per heavy atom. The van der Waals surface area contributed by atoms with E-state index < -0.39 is 0 Å². The molecule has 160 valence electrons. The predicted octanol–water partition coefficient (Wildman–Crippen LogP) is 3.54. The minimum atomic E-state index is -0.305. The normalized spacial score (nSPS) is 13.9. The summed E-state index contributed by atoms with van der Waals surface area (Å²) in [6.07, 6.45) is 0.186. The van der Waals surface area contributed by atoms with Crippen LogP contribution in [0.2, 0.25) is 5.02 Å². The van der Waals surface area contributed by atoms with Crippen molar-refractivity contribution in [3.63, 3.8) is 0 Å². The summed E-state index contributed by atoms with van der Waals surface area (Å²) >= 11 is 5.96. The number of para-hydroxylation sites is 1. The number of anilines is 1. The summed E-state index contributed by atoms with van der Waals surface area (Å²) in [5, 5.41) is 14.9. The lowest BCUT2D eigenvalue weighted by molar-refractivity contribution is -0.116. The van der Waals surface area contributed by atoms with Gasteiger partial charge in [0.05, 0.1) is 6.54 Å². The third-order valence-electron chi connectivity index (χ3n) is 5.06. The van der Waals surface area contributed by atoms with Crippen molar-refractivity contribution in [3.8, 4) is 11.4 Å². The van der Waals surface area contributed by atoms with Crippen LogP contribution in [0, 0.1) is 0 Å². The quantitative estimate of drug-likeness (QED) is 0.637. The summed E-state index contributed by atoms with van der Waals surface area (Å²) in [6.45, 7) is 3.29. The molecule has 2 heterocycles. The van der Waals surface area contributed by atoms with E-state index in [0.29, 0.717) is 24.7 Å². The molecule has 2 N–H and O–H groups in total. The number of halogens is 1. The number of hydrogen-bond acceptors (Lipinski definition) is 4. The molecule has 1 atom stereocenters. The summed E-state index contributed by atoms with van der Waals surface area (Å²) < 4.78 is 2.02. The summed E-state index contributed by atoms with van der Waals surface area (Å²) in [6, 6.07) is 16.2. The van der Waals surface area contributed by atoms with Gasteiger partial charge in [-0.25, -0.2) is 4.79 Å². The van der Waals surface area contributed by atoms with Gasteiger partial charge in [-0.3, -0.25) is 4.79 Å². The minimum absolute atomic E-state index is 0.148. The Hall–Kier alpha value is -3.39. The fourth-order valence-corrected chi connectivity index (χ4v) is 3.63. The van der Waals surface area contributed by atoms with Crippen molar-refractivity contribution in [1.29, 1.82) is 0 Å². The first-order chi connectivity index (χ1) is 15.0. The molecule has 31 heavy (non-hydrogen) atoms. The highest BCUT2D eigenvalue weighted by Crippen LogP contribution is 2.23. The third kappa shape index (κ3) is 5.03. The molecule has 0 spiro atoms. The molecule has 4 rings (SSSR count). The lowest BCUT2D eigenvalue weighted by Gasteiger charge is -2.29. The minimum Gasteiger partial charge on any atom is -0.335 e. The molecule has 0 saturated heterocycles. The van der Waals surface area contributed by atoms with Gasteiger partial charge in [0.25, 0.3) is 0 Å². The number of rotatable bonds is 5. The number of urea groups is 1. The maximum atomic E-state index is 12.7. The van der Waals surface area contributed by atoms with Gasteiger partial charge in [0.1, 0.15) is 0 Å². The first-order valence-electron chi connectivity index (χ1n) is 10.1. The Labute approximate surface area is 185 Å². The smallest absolute Gasteiger partial charge is 0.318 e. The summed E-state index contributed by atoms with van der Waals surface area (Å²) in [4.78, 5) is 26.6. The van der Waals surface area contributed by atoms with Gasteiger partial charge in [0.15, 0.2) is 11.6 Å². The zero-order valence-electron chi connectivity index (χ0n) is 17.1. The van der Waals surface area contributed by atoms with Crippen molar-refractivity contribution in [1.82, 2.24) is 25.0 Å². The van der Waals surface area contributed by atoms with Gasteiger partial charge in [0, 0.05) is 41.8 Å². The van der Waals surface area contributed by atoms with E-state index in [2.05, 4.69) is 20.8 Å². The van der Waals surface area contributed by atoms with E-state index in [-0.39, 0.29) is 24.4 Å². The summed E-state index contributed by atoms with van der Waals surface area (Å²) in [7, 11) is 0. The van der Waals surface area contributed by atoms with Gasteiger partial charge in [-0.15, -0.1) is 10.2 Å². The van der Waals surface area contributed by atoms with Crippen molar-refractivity contribution in [2.75, 3.05) is 11.9 Å². The second-order valence-corrected chi connectivity index (χ2v) is 7.93. The number of hydrogen-bond donors (Lipinski definition) is 2. The van der Waals surface area contributed by atoms with Crippen molar-refractivity contribution < 1.29 is 9.59 Å². The average molecular weight is 439 g/mol. The second-order valence-electron chi connectivity index (χ2n) is 7.49. The van der Waals surface area contributed by atoms with Gasteiger partial charge >= 0.3 is 6.03 Å². The average Bonchev–Trinajstić information content (AvgIpc) is 3.18. The Morgan fingerprint density at radius 1 is 1.06 bits per heavy atom. The van der Waals surface area contributed by atoms with Crippen molar-refractivity contribution in [2.45, 2.75) is 32.5 Å². The van der Waals surface area contributed by atoms with Crippen LogP contribution in [0.15, 0.2) is 54.6 Å². The first kappa shape index (κ1) is 20.9. The highest BCUT2D eigenvalue weighted by atomic mass is 35.5. The molecule has 1 aliphatic rings. The number of nitrogens with one attached hydrogen (secondary N) is 2. The van der Waals surface area contributed by atoms with E-state index in [1.807, 2.05) is 66.1 Å². The number of aromatic nitrogens is 3. The zero-order chi connectivity index (χ0) is 21.8. The standard InChI is InChI=1S/C22H23ClN6O2/c1-15(13-20(30)25-18-5-3-2-4-6-18)24-22(31)28-11-12-29-19(14-28)26-27-21(29)16-7-9-17(23)10-8-16/h2-10,15H,11-14H2,1H3,(H,24,31)(H,25,30). The van der Waals surface area contributed by atoms with Crippen LogP contribution in [0.3, 0.4) is 0 Å². The van der Waals surface area contributed by atoms with E-state index in [9.17, 15) is 9.59 Å². The van der Waals surface area contributed by atoms with Gasteiger partial charge in [0.2, 0.25) is 5.91 Å². The molecule has 0 saturated carbocycles. The van der Waals surface area contributed by atoms with Crippen LogP contribution in [-0.2, 0) is 17.9 Å². The lowest BCUT2D eigenvalue weighted by atomic mass is 10.2. The van der Waals surface area contributed by atoms with Gasteiger partial charge in [-0.05, 0) is 43.3 Å². The number of nitrogens with zero attached hydrogens (tertiary/aromatic N) is 4. The molecule has 1 aromatic heterocycles. The zero-order valence-corrected chi connectivity index (χ0v) is 17.8. The highest BCUT2D eigenvalue weighted by Gasteiger charge is 2.26. The van der Waals surface area contributed by atoms with Crippen LogP contribution in [0.1, 0.15) is 19.2 Å². The number of carbonyl (C=O) groups is 2. The number of fused-ring (bicyclic) bond motifs is 1. The third-order valence-corrected chi connectivity index (χ3v) is 5.31. The van der Waals surface area contributed by atoms with Crippen LogP contribution in [-0.4, -0.2) is 44.2 Å². The SMILES string of the molecule is CC(CC(=O)Nc1ccccc1)NC(=O)N1CCn2c(nnc2-c2ccc(Cl)cc2)C1. The molecule has 8 nitrogen and oxygen atoms in total. The van der Waals surface area contributed by atoms with E-state index in [1.54, 1.807) is 4.90 Å². The summed E-state index contributed by atoms with van der Waals surface area (Å²) in [5.74, 6) is 1.34. The van der Waals surface area contributed by atoms with Gasteiger partial charge in [-0.1, -0.05) is 29.8 Å². The molecule has 0 bridgehead atoms. The summed E-state index contributed by atoms with van der Waals surface area (Å²) in [5.41, 5.74) is 1.66. The van der Waals surface area contributed by atoms with Gasteiger partial charge in [-0.2, -0.15) is 0 Å². The number of amides is 3. The van der Waals surface area contributed by atoms with E-state index >= 15 is 0 Å². The highest BCUT2D eigenvalue weighted by molar-refractivity contribution is 6.30. The Balaban J connectivity index is 1.32. The topological polar surface area (TPSA) is 92.2 Å². The van der Waals surface area contributed by atoms with E-state index in [0.717, 1.165) is 22.9 Å². The van der Waals surface area contributed by atoms with Crippen molar-refractivity contribution in [3.05, 3.63) is 65.4 Å².